The second-order valence-corrected chi connectivity index (χ2v) is 3.20. The minimum atomic E-state index is 0.0194. The van der Waals surface area contributed by atoms with Crippen LogP contribution in [0.15, 0.2) is 0 Å². The molecule has 0 aromatic heterocycles. The molecule has 0 aromatic carbocycles. The number of hydrogen-bond acceptors (Lipinski definition) is 3. The van der Waals surface area contributed by atoms with Crippen LogP contribution in [0.1, 0.15) is 26.7 Å². The van der Waals surface area contributed by atoms with Crippen molar-refractivity contribution in [1.29, 1.82) is 0 Å². The van der Waals surface area contributed by atoms with Gasteiger partial charge in [-0.3, -0.25) is 4.79 Å². The van der Waals surface area contributed by atoms with E-state index in [1.165, 1.54) is 13.3 Å². The highest BCUT2D eigenvalue weighted by Gasteiger charge is 1.90. The number of amides is 1. The third-order valence-electron chi connectivity index (χ3n) is 1.74. The number of hydrogen-bond donors (Lipinski definition) is 2. The third-order valence-corrected chi connectivity index (χ3v) is 1.74. The summed E-state index contributed by atoms with van der Waals surface area (Å²) in [6.45, 7) is 7.61. The van der Waals surface area contributed by atoms with Crippen molar-refractivity contribution in [1.82, 2.24) is 10.6 Å². The Kier molecular flexibility index (Phi) is 10.0. The van der Waals surface area contributed by atoms with E-state index in [4.69, 9.17) is 4.74 Å². The van der Waals surface area contributed by atoms with Crippen LogP contribution < -0.4 is 10.6 Å². The number of nitrogens with one attached hydrogen (secondary N) is 2. The highest BCUT2D eigenvalue weighted by Crippen LogP contribution is 1.86. The zero-order valence-electron chi connectivity index (χ0n) is 9.27. The Hall–Kier alpha value is -0.610. The van der Waals surface area contributed by atoms with Gasteiger partial charge >= 0.3 is 0 Å². The standard InChI is InChI=1S/C10H22N2O2/c1-3-4-8-14-9-7-11-5-6-12-10(2)13/h11H,3-9H2,1-2H3,(H,12,13). The van der Waals surface area contributed by atoms with Crippen LogP contribution in [-0.4, -0.2) is 38.8 Å². The van der Waals surface area contributed by atoms with Crippen molar-refractivity contribution in [3.05, 3.63) is 0 Å². The van der Waals surface area contributed by atoms with Crippen LogP contribution in [0.5, 0.6) is 0 Å². The second kappa shape index (κ2) is 10.5. The molecule has 0 bridgehead atoms. The molecule has 4 nitrogen and oxygen atoms in total. The normalized spacial score (nSPS) is 10.1. The maximum absolute atomic E-state index is 10.5. The van der Waals surface area contributed by atoms with Crippen molar-refractivity contribution < 1.29 is 9.53 Å². The molecule has 4 heteroatoms. The van der Waals surface area contributed by atoms with Gasteiger partial charge < -0.3 is 15.4 Å². The van der Waals surface area contributed by atoms with Crippen LogP contribution in [0.25, 0.3) is 0 Å². The monoisotopic (exact) mass is 202 g/mol. The van der Waals surface area contributed by atoms with Gasteiger partial charge in [-0.05, 0) is 6.42 Å². The first-order chi connectivity index (χ1) is 6.77. The molecule has 0 rings (SSSR count). The Morgan fingerprint density at radius 2 is 2.00 bits per heavy atom. The quantitative estimate of drug-likeness (QED) is 0.536. The van der Waals surface area contributed by atoms with E-state index in [1.807, 2.05) is 0 Å². The molecule has 0 aliphatic carbocycles. The van der Waals surface area contributed by atoms with E-state index in [0.717, 1.165) is 32.7 Å². The van der Waals surface area contributed by atoms with Crippen LogP contribution >= 0.6 is 0 Å². The van der Waals surface area contributed by atoms with Gasteiger partial charge in [-0.2, -0.15) is 0 Å². The van der Waals surface area contributed by atoms with Crippen LogP contribution in [0, 0.1) is 0 Å². The summed E-state index contributed by atoms with van der Waals surface area (Å²) in [5.41, 5.74) is 0. The molecule has 0 aromatic rings. The van der Waals surface area contributed by atoms with Crippen molar-refractivity contribution in [3.63, 3.8) is 0 Å². The number of ether oxygens (including phenoxy) is 1. The molecule has 0 aliphatic heterocycles. The predicted molar refractivity (Wildman–Crippen MR) is 57.3 cm³/mol. The molecule has 14 heavy (non-hydrogen) atoms. The van der Waals surface area contributed by atoms with Crippen molar-refractivity contribution in [2.75, 3.05) is 32.8 Å². The molecule has 1 amide bonds. The fraction of sp³-hybridized carbons (Fsp3) is 0.900. The summed E-state index contributed by atoms with van der Waals surface area (Å²) in [7, 11) is 0. The van der Waals surface area contributed by atoms with Gasteiger partial charge in [-0.15, -0.1) is 0 Å². The van der Waals surface area contributed by atoms with Gasteiger partial charge in [0.25, 0.3) is 0 Å². The highest BCUT2D eigenvalue weighted by atomic mass is 16.5. The first-order valence-corrected chi connectivity index (χ1v) is 5.30. The molecular formula is C10H22N2O2. The van der Waals surface area contributed by atoms with Gasteiger partial charge in [0.05, 0.1) is 6.61 Å². The lowest BCUT2D eigenvalue weighted by molar-refractivity contribution is -0.118. The second-order valence-electron chi connectivity index (χ2n) is 3.20. The van der Waals surface area contributed by atoms with Crippen molar-refractivity contribution in [2.24, 2.45) is 0 Å². The van der Waals surface area contributed by atoms with E-state index >= 15 is 0 Å². The molecule has 0 heterocycles. The third kappa shape index (κ3) is 11.4. The van der Waals surface area contributed by atoms with Crippen LogP contribution in [0.3, 0.4) is 0 Å². The summed E-state index contributed by atoms with van der Waals surface area (Å²) in [5.74, 6) is 0.0194. The fourth-order valence-electron chi connectivity index (χ4n) is 0.945. The summed E-state index contributed by atoms with van der Waals surface area (Å²) in [5, 5.41) is 5.89. The lowest BCUT2D eigenvalue weighted by Gasteiger charge is -2.05. The summed E-state index contributed by atoms with van der Waals surface area (Å²) < 4.78 is 5.35. The van der Waals surface area contributed by atoms with Gasteiger partial charge in [0.15, 0.2) is 0 Å². The number of unbranched alkanes of at least 4 members (excludes halogenated alkanes) is 1. The molecule has 0 unspecified atom stereocenters. The number of rotatable bonds is 9. The lowest BCUT2D eigenvalue weighted by Crippen LogP contribution is -2.31. The van der Waals surface area contributed by atoms with Gasteiger partial charge in [0.2, 0.25) is 5.91 Å². The average Bonchev–Trinajstić information content (AvgIpc) is 2.15. The topological polar surface area (TPSA) is 50.4 Å². The Morgan fingerprint density at radius 3 is 2.64 bits per heavy atom. The van der Waals surface area contributed by atoms with Gasteiger partial charge in [-0.25, -0.2) is 0 Å². The predicted octanol–water partition coefficient (Wildman–Crippen LogP) is 0.529. The SMILES string of the molecule is CCCCOCCNCCNC(C)=O. The maximum atomic E-state index is 10.5. The Labute approximate surface area is 86.4 Å². The molecule has 0 fully saturated rings. The summed E-state index contributed by atoms with van der Waals surface area (Å²) in [6, 6.07) is 0. The van der Waals surface area contributed by atoms with E-state index in [9.17, 15) is 4.79 Å². The van der Waals surface area contributed by atoms with Gasteiger partial charge in [0, 0.05) is 33.2 Å². The summed E-state index contributed by atoms with van der Waals surface area (Å²) in [4.78, 5) is 10.5. The zero-order valence-corrected chi connectivity index (χ0v) is 9.27. The Balaban J connectivity index is 2.88. The van der Waals surface area contributed by atoms with Crippen LogP contribution in [0.4, 0.5) is 0 Å². The lowest BCUT2D eigenvalue weighted by atomic mass is 10.4. The minimum absolute atomic E-state index is 0.0194. The highest BCUT2D eigenvalue weighted by molar-refractivity contribution is 5.72. The minimum Gasteiger partial charge on any atom is -0.380 e. The molecule has 0 aliphatic rings. The van der Waals surface area contributed by atoms with Gasteiger partial charge in [-0.1, -0.05) is 13.3 Å². The van der Waals surface area contributed by atoms with Crippen molar-refractivity contribution >= 4 is 5.91 Å². The first kappa shape index (κ1) is 13.4. The maximum Gasteiger partial charge on any atom is 0.216 e. The van der Waals surface area contributed by atoms with E-state index in [-0.39, 0.29) is 5.91 Å². The number of carbonyl (C=O) groups excluding carboxylic acids is 1. The average molecular weight is 202 g/mol. The van der Waals surface area contributed by atoms with Crippen LogP contribution in [-0.2, 0) is 9.53 Å². The van der Waals surface area contributed by atoms with E-state index in [1.54, 1.807) is 0 Å². The molecule has 0 saturated heterocycles. The first-order valence-electron chi connectivity index (χ1n) is 5.30. The zero-order chi connectivity index (χ0) is 10.6. The van der Waals surface area contributed by atoms with E-state index < -0.39 is 0 Å². The largest absolute Gasteiger partial charge is 0.380 e. The summed E-state index contributed by atoms with van der Waals surface area (Å²) >= 11 is 0. The molecule has 84 valence electrons. The Morgan fingerprint density at radius 1 is 1.21 bits per heavy atom. The molecule has 0 radical (unpaired) electrons. The van der Waals surface area contributed by atoms with Crippen molar-refractivity contribution in [2.45, 2.75) is 26.7 Å². The van der Waals surface area contributed by atoms with Crippen molar-refractivity contribution in [3.8, 4) is 0 Å². The Bertz CT molecular complexity index is 140. The van der Waals surface area contributed by atoms with Crippen LogP contribution in [0.2, 0.25) is 0 Å². The molecule has 0 atom stereocenters. The van der Waals surface area contributed by atoms with E-state index in [0.29, 0.717) is 6.54 Å². The summed E-state index contributed by atoms with van der Waals surface area (Å²) in [6.07, 6.45) is 2.31. The smallest absolute Gasteiger partial charge is 0.216 e. The fourth-order valence-corrected chi connectivity index (χ4v) is 0.945. The molecule has 2 N–H and O–H groups in total. The number of carbonyl (C=O) groups is 1. The molecule has 0 saturated carbocycles. The molecule has 0 spiro atoms. The molecular weight excluding hydrogens is 180 g/mol. The van der Waals surface area contributed by atoms with E-state index in [2.05, 4.69) is 17.6 Å². The van der Waals surface area contributed by atoms with Gasteiger partial charge in [0.1, 0.15) is 0 Å².